The van der Waals surface area contributed by atoms with Gasteiger partial charge in [0.2, 0.25) is 0 Å². The first kappa shape index (κ1) is 9.38. The van der Waals surface area contributed by atoms with Crippen LogP contribution in [0, 0.1) is 0 Å². The van der Waals surface area contributed by atoms with Crippen molar-refractivity contribution < 1.29 is 23.0 Å². The molecule has 1 saturated heterocycles. The number of rotatable bonds is 4. The summed E-state index contributed by atoms with van der Waals surface area (Å²) >= 11 is 0. The number of hydrogen-bond donors (Lipinski definition) is 0. The van der Waals surface area contributed by atoms with Gasteiger partial charge in [0.05, 0.1) is 25.7 Å². The zero-order chi connectivity index (χ0) is 9.19. The molecule has 0 N–H and O–H groups in total. The molecule has 0 radical (unpaired) electrons. The Kier molecular flexibility index (Phi) is 2.62. The second-order valence-corrected chi connectivity index (χ2v) is 2.58. The maximum Gasteiger partial charge on any atom is 0.377 e. The van der Waals surface area contributed by atoms with E-state index >= 15 is 0 Å². The molecule has 0 aromatic carbocycles. The molecule has 1 unspecified atom stereocenters. The smallest absolute Gasteiger partial charge is 0.377 e. The Morgan fingerprint density at radius 3 is 2.75 bits per heavy atom. The monoisotopic (exact) mass is 180 g/mol. The molecular weight excluding hydrogens is 170 g/mol. The minimum atomic E-state index is -3.39. The van der Waals surface area contributed by atoms with Gasteiger partial charge in [-0.2, -0.15) is 8.78 Å². The van der Waals surface area contributed by atoms with Crippen LogP contribution in [-0.4, -0.2) is 31.2 Å². The second kappa shape index (κ2) is 3.35. The van der Waals surface area contributed by atoms with Crippen LogP contribution in [0.1, 0.15) is 13.3 Å². The number of alkyl halides is 2. The van der Waals surface area contributed by atoms with Crippen LogP contribution in [0.4, 0.5) is 8.78 Å². The molecule has 1 rings (SSSR count). The Bertz CT molecular complexity index is 177. The standard InChI is InChI=1S/C7H10F2O3/c1-2-11-6(10)7(8,9)3-5-4-12-5/h5H,2-4H2,1H3. The van der Waals surface area contributed by atoms with Crippen molar-refractivity contribution in [3.63, 3.8) is 0 Å². The molecular formula is C7H10F2O3. The average Bonchev–Trinajstić information content (AvgIpc) is 2.71. The molecule has 3 nitrogen and oxygen atoms in total. The van der Waals surface area contributed by atoms with Gasteiger partial charge in [0, 0.05) is 0 Å². The molecule has 1 heterocycles. The highest BCUT2D eigenvalue weighted by Crippen LogP contribution is 2.28. The van der Waals surface area contributed by atoms with Crippen LogP contribution in [0.15, 0.2) is 0 Å². The fourth-order valence-electron chi connectivity index (χ4n) is 0.792. The first-order chi connectivity index (χ1) is 5.56. The summed E-state index contributed by atoms with van der Waals surface area (Å²) in [5.41, 5.74) is 0. The van der Waals surface area contributed by atoms with Crippen molar-refractivity contribution in [3.8, 4) is 0 Å². The van der Waals surface area contributed by atoms with Crippen LogP contribution in [0.2, 0.25) is 0 Å². The third-order valence-corrected chi connectivity index (χ3v) is 1.46. The zero-order valence-electron chi connectivity index (χ0n) is 6.68. The summed E-state index contributed by atoms with van der Waals surface area (Å²) in [5, 5.41) is 0. The van der Waals surface area contributed by atoms with Crippen LogP contribution < -0.4 is 0 Å². The van der Waals surface area contributed by atoms with E-state index in [2.05, 4.69) is 9.47 Å². The van der Waals surface area contributed by atoms with Crippen LogP contribution in [-0.2, 0) is 14.3 Å². The first-order valence-electron chi connectivity index (χ1n) is 3.73. The SMILES string of the molecule is CCOC(=O)C(F)(F)CC1CO1. The summed E-state index contributed by atoms with van der Waals surface area (Å²) in [7, 11) is 0. The molecule has 1 aliphatic rings. The van der Waals surface area contributed by atoms with Gasteiger partial charge in [0.25, 0.3) is 0 Å². The van der Waals surface area contributed by atoms with E-state index in [4.69, 9.17) is 0 Å². The second-order valence-electron chi connectivity index (χ2n) is 2.58. The zero-order valence-corrected chi connectivity index (χ0v) is 6.68. The minimum absolute atomic E-state index is 0.0278. The van der Waals surface area contributed by atoms with E-state index in [1.165, 1.54) is 6.92 Å². The van der Waals surface area contributed by atoms with Crippen molar-refractivity contribution in [2.75, 3.05) is 13.2 Å². The highest BCUT2D eigenvalue weighted by atomic mass is 19.3. The minimum Gasteiger partial charge on any atom is -0.462 e. The topological polar surface area (TPSA) is 38.8 Å². The van der Waals surface area contributed by atoms with Crippen molar-refractivity contribution in [2.24, 2.45) is 0 Å². The van der Waals surface area contributed by atoms with Gasteiger partial charge in [-0.25, -0.2) is 4.79 Å². The summed E-state index contributed by atoms with van der Waals surface area (Å²) < 4.78 is 34.3. The molecule has 1 atom stereocenters. The predicted octanol–water partition coefficient (Wildman–Crippen LogP) is 0.974. The van der Waals surface area contributed by atoms with E-state index in [0.717, 1.165) is 0 Å². The van der Waals surface area contributed by atoms with E-state index in [-0.39, 0.29) is 6.61 Å². The highest BCUT2D eigenvalue weighted by molar-refractivity contribution is 5.77. The summed E-state index contributed by atoms with van der Waals surface area (Å²) in [6, 6.07) is 0. The van der Waals surface area contributed by atoms with Gasteiger partial charge < -0.3 is 9.47 Å². The van der Waals surface area contributed by atoms with Crippen molar-refractivity contribution in [1.29, 1.82) is 0 Å². The summed E-state index contributed by atoms with van der Waals surface area (Å²) in [4.78, 5) is 10.6. The third-order valence-electron chi connectivity index (χ3n) is 1.46. The summed E-state index contributed by atoms with van der Waals surface area (Å²) in [6.07, 6.45) is -1.03. The van der Waals surface area contributed by atoms with E-state index in [1.54, 1.807) is 0 Å². The number of halogens is 2. The number of epoxide rings is 1. The lowest BCUT2D eigenvalue weighted by atomic mass is 10.2. The van der Waals surface area contributed by atoms with Crippen molar-refractivity contribution in [1.82, 2.24) is 0 Å². The van der Waals surface area contributed by atoms with E-state index < -0.39 is 24.4 Å². The predicted molar refractivity (Wildman–Crippen MR) is 35.9 cm³/mol. The average molecular weight is 180 g/mol. The van der Waals surface area contributed by atoms with E-state index in [1.807, 2.05) is 0 Å². The van der Waals surface area contributed by atoms with Gasteiger partial charge in [0.15, 0.2) is 0 Å². The number of esters is 1. The number of carbonyl (C=O) groups is 1. The van der Waals surface area contributed by atoms with E-state index in [0.29, 0.717) is 6.61 Å². The maximum atomic E-state index is 12.7. The molecule has 0 aromatic heterocycles. The van der Waals surface area contributed by atoms with Crippen molar-refractivity contribution in [3.05, 3.63) is 0 Å². The number of carbonyl (C=O) groups excluding carboxylic acids is 1. The molecule has 1 aliphatic heterocycles. The molecule has 0 aromatic rings. The van der Waals surface area contributed by atoms with Crippen LogP contribution in [0.3, 0.4) is 0 Å². The molecule has 0 saturated carbocycles. The normalized spacial score (nSPS) is 22.1. The molecule has 70 valence electrons. The Labute approximate surface area is 68.6 Å². The Morgan fingerprint density at radius 2 is 2.33 bits per heavy atom. The highest BCUT2D eigenvalue weighted by Gasteiger charge is 2.46. The van der Waals surface area contributed by atoms with Gasteiger partial charge >= 0.3 is 11.9 Å². The maximum absolute atomic E-state index is 12.7. The molecule has 0 aliphatic carbocycles. The van der Waals surface area contributed by atoms with Crippen molar-refractivity contribution in [2.45, 2.75) is 25.4 Å². The Balaban J connectivity index is 2.38. The van der Waals surface area contributed by atoms with Gasteiger partial charge in [-0.05, 0) is 6.92 Å². The number of hydrogen-bond acceptors (Lipinski definition) is 3. The van der Waals surface area contributed by atoms with Crippen LogP contribution in [0.25, 0.3) is 0 Å². The van der Waals surface area contributed by atoms with E-state index in [9.17, 15) is 13.6 Å². The lowest BCUT2D eigenvalue weighted by Crippen LogP contribution is -2.32. The van der Waals surface area contributed by atoms with Gasteiger partial charge in [-0.3, -0.25) is 0 Å². The van der Waals surface area contributed by atoms with Crippen LogP contribution in [0.5, 0.6) is 0 Å². The van der Waals surface area contributed by atoms with Crippen LogP contribution >= 0.6 is 0 Å². The largest absolute Gasteiger partial charge is 0.462 e. The summed E-state index contributed by atoms with van der Waals surface area (Å²) in [6.45, 7) is 1.77. The lowest BCUT2D eigenvalue weighted by Gasteiger charge is -2.12. The fourth-order valence-corrected chi connectivity index (χ4v) is 0.792. The molecule has 0 spiro atoms. The Morgan fingerprint density at radius 1 is 1.75 bits per heavy atom. The molecule has 1 fully saturated rings. The number of ether oxygens (including phenoxy) is 2. The Hall–Kier alpha value is -0.710. The van der Waals surface area contributed by atoms with Gasteiger partial charge in [-0.1, -0.05) is 0 Å². The fraction of sp³-hybridized carbons (Fsp3) is 0.857. The van der Waals surface area contributed by atoms with Crippen molar-refractivity contribution >= 4 is 5.97 Å². The third kappa shape index (κ3) is 2.41. The van der Waals surface area contributed by atoms with Gasteiger partial charge in [0.1, 0.15) is 0 Å². The quantitative estimate of drug-likeness (QED) is 0.478. The lowest BCUT2D eigenvalue weighted by molar-refractivity contribution is -0.172. The van der Waals surface area contributed by atoms with Gasteiger partial charge in [-0.15, -0.1) is 0 Å². The molecule has 0 amide bonds. The molecule has 0 bridgehead atoms. The first-order valence-corrected chi connectivity index (χ1v) is 3.73. The molecule has 12 heavy (non-hydrogen) atoms. The summed E-state index contributed by atoms with van der Waals surface area (Å²) in [5.74, 6) is -4.85. The molecule has 5 heteroatoms.